The van der Waals surface area contributed by atoms with Gasteiger partial charge in [0, 0.05) is 30.9 Å². The summed E-state index contributed by atoms with van der Waals surface area (Å²) in [6.45, 7) is 6.30. The van der Waals surface area contributed by atoms with E-state index in [0.29, 0.717) is 30.4 Å². The molecule has 1 N–H and O–H groups in total. The van der Waals surface area contributed by atoms with Crippen LogP contribution in [0.4, 0.5) is 5.69 Å². The van der Waals surface area contributed by atoms with E-state index in [-0.39, 0.29) is 12.2 Å². The minimum atomic E-state index is 0.0772. The van der Waals surface area contributed by atoms with Crippen LogP contribution in [0.2, 0.25) is 0 Å². The fourth-order valence-electron chi connectivity index (χ4n) is 5.14. The third-order valence-electron chi connectivity index (χ3n) is 7.09. The van der Waals surface area contributed by atoms with Crippen LogP contribution in [0.15, 0.2) is 71.9 Å². The van der Waals surface area contributed by atoms with Gasteiger partial charge < -0.3 is 10.1 Å². The molecule has 1 atom stereocenters. The molecule has 0 saturated carbocycles. The summed E-state index contributed by atoms with van der Waals surface area (Å²) in [5.41, 5.74) is 5.43. The summed E-state index contributed by atoms with van der Waals surface area (Å²) in [5, 5.41) is 3.55. The number of aromatic nitrogens is 1. The molecule has 2 aliphatic heterocycles. The van der Waals surface area contributed by atoms with Gasteiger partial charge in [-0.25, -0.2) is 0 Å². The monoisotopic (exact) mass is 482 g/mol. The molecule has 6 nitrogen and oxygen atoms in total. The Hall–Kier alpha value is -3.35. The molecule has 186 valence electrons. The number of benzene rings is 2. The number of nitrogens with one attached hydrogen (secondary N) is 1. The van der Waals surface area contributed by atoms with Gasteiger partial charge in [-0.05, 0) is 61.7 Å². The highest BCUT2D eigenvalue weighted by molar-refractivity contribution is 6.16. The quantitative estimate of drug-likeness (QED) is 0.441. The molecule has 0 spiro atoms. The number of ketones is 1. The second-order valence-electron chi connectivity index (χ2n) is 9.58. The number of likely N-dealkylation sites (tertiary alicyclic amines) is 1. The van der Waals surface area contributed by atoms with Crippen LogP contribution in [-0.2, 0) is 13.0 Å². The Bertz CT molecular complexity index is 1210. The zero-order valence-corrected chi connectivity index (χ0v) is 21.0. The maximum atomic E-state index is 12.9. The van der Waals surface area contributed by atoms with Crippen molar-refractivity contribution in [2.75, 3.05) is 26.2 Å². The second-order valence-corrected chi connectivity index (χ2v) is 9.58. The van der Waals surface area contributed by atoms with Crippen LogP contribution >= 0.6 is 0 Å². The van der Waals surface area contributed by atoms with E-state index >= 15 is 0 Å². The number of ether oxygens (including phenoxy) is 1. The first-order valence-corrected chi connectivity index (χ1v) is 13.0. The highest BCUT2D eigenvalue weighted by Gasteiger charge is 2.25. The molecule has 1 saturated heterocycles. The Morgan fingerprint density at radius 3 is 2.67 bits per heavy atom. The van der Waals surface area contributed by atoms with Crippen molar-refractivity contribution in [3.63, 3.8) is 0 Å². The standard InChI is InChI=1S/C30H34N4O2/c1-2-34-16-6-9-25(34)19-31-20-28-30-27(14-15-32-28)29(35)18-24(33-30)21-36-26-12-10-23(11-13-26)17-22-7-4-3-5-8-22/h3-5,7-8,10-15,25,31H,2,6,9,16-21H2,1H3/t25-/m0/s1. The third-order valence-corrected chi connectivity index (χ3v) is 7.09. The zero-order valence-electron chi connectivity index (χ0n) is 21.0. The fourth-order valence-corrected chi connectivity index (χ4v) is 5.14. The summed E-state index contributed by atoms with van der Waals surface area (Å²) < 4.78 is 6.00. The molecule has 5 rings (SSSR count). The Morgan fingerprint density at radius 2 is 1.86 bits per heavy atom. The number of fused-ring (bicyclic) bond motifs is 1. The van der Waals surface area contributed by atoms with E-state index in [1.165, 1.54) is 30.5 Å². The summed E-state index contributed by atoms with van der Waals surface area (Å²) in [4.78, 5) is 24.7. The van der Waals surface area contributed by atoms with Crippen LogP contribution < -0.4 is 10.1 Å². The number of nitrogens with zero attached hydrogens (tertiary/aromatic N) is 3. The van der Waals surface area contributed by atoms with Crippen molar-refractivity contribution < 1.29 is 9.53 Å². The smallest absolute Gasteiger partial charge is 0.170 e. The average molecular weight is 483 g/mol. The van der Waals surface area contributed by atoms with Gasteiger partial charge in [-0.1, -0.05) is 49.4 Å². The maximum absolute atomic E-state index is 12.9. The zero-order chi connectivity index (χ0) is 24.7. The third kappa shape index (κ3) is 5.89. The largest absolute Gasteiger partial charge is 0.488 e. The fraction of sp³-hybridized carbons (Fsp3) is 0.367. The average Bonchev–Trinajstić information content (AvgIpc) is 3.37. The first-order valence-electron chi connectivity index (χ1n) is 13.0. The highest BCUT2D eigenvalue weighted by atomic mass is 16.5. The summed E-state index contributed by atoms with van der Waals surface area (Å²) in [6.07, 6.45) is 5.38. The maximum Gasteiger partial charge on any atom is 0.170 e. The van der Waals surface area contributed by atoms with Gasteiger partial charge in [0.15, 0.2) is 5.78 Å². The van der Waals surface area contributed by atoms with Crippen LogP contribution in [0.1, 0.15) is 53.4 Å². The number of likely N-dealkylation sites (N-methyl/N-ethyl adjacent to an activating group) is 1. The molecule has 36 heavy (non-hydrogen) atoms. The van der Waals surface area contributed by atoms with E-state index in [4.69, 9.17) is 9.73 Å². The molecule has 1 aromatic heterocycles. The minimum absolute atomic E-state index is 0.0772. The molecule has 0 aliphatic carbocycles. The molecule has 6 heteroatoms. The molecule has 0 radical (unpaired) electrons. The van der Waals surface area contributed by atoms with Gasteiger partial charge in [-0.15, -0.1) is 0 Å². The molecule has 3 aromatic rings. The highest BCUT2D eigenvalue weighted by Crippen LogP contribution is 2.29. The first kappa shape index (κ1) is 24.3. The van der Waals surface area contributed by atoms with Gasteiger partial charge in [0.2, 0.25) is 0 Å². The predicted octanol–water partition coefficient (Wildman–Crippen LogP) is 4.98. The lowest BCUT2D eigenvalue weighted by Gasteiger charge is -2.23. The van der Waals surface area contributed by atoms with Crippen LogP contribution in [0.25, 0.3) is 0 Å². The molecule has 1 fully saturated rings. The van der Waals surface area contributed by atoms with Crippen LogP contribution in [-0.4, -0.2) is 53.7 Å². The molecule has 2 aromatic carbocycles. The van der Waals surface area contributed by atoms with E-state index < -0.39 is 0 Å². The molecule has 0 bridgehead atoms. The first-order chi connectivity index (χ1) is 17.7. The van der Waals surface area contributed by atoms with Crippen molar-refractivity contribution in [1.82, 2.24) is 15.2 Å². The van der Waals surface area contributed by atoms with Gasteiger partial charge in [-0.2, -0.15) is 0 Å². The summed E-state index contributed by atoms with van der Waals surface area (Å²) in [7, 11) is 0. The van der Waals surface area contributed by atoms with Gasteiger partial charge in [0.05, 0.1) is 23.5 Å². The number of hydrogen-bond acceptors (Lipinski definition) is 6. The van der Waals surface area contributed by atoms with Crippen molar-refractivity contribution in [2.24, 2.45) is 4.99 Å². The van der Waals surface area contributed by atoms with Crippen LogP contribution in [0.3, 0.4) is 0 Å². The van der Waals surface area contributed by atoms with Crippen LogP contribution in [0, 0.1) is 0 Å². The lowest BCUT2D eigenvalue weighted by atomic mass is 10.00. The number of hydrogen-bond donors (Lipinski definition) is 1. The number of pyridine rings is 1. The number of rotatable bonds is 10. The SMILES string of the molecule is CCN1CCC[C@H]1CNCc1nccc2c1N=C(COc1ccc(Cc3ccccc3)cc1)CC2=O. The lowest BCUT2D eigenvalue weighted by molar-refractivity contribution is 0.0998. The number of carbonyl (C=O) groups is 1. The Morgan fingerprint density at radius 1 is 1.06 bits per heavy atom. The Balaban J connectivity index is 1.20. The van der Waals surface area contributed by atoms with Gasteiger partial charge in [0.25, 0.3) is 0 Å². The van der Waals surface area contributed by atoms with Crippen molar-refractivity contribution >= 4 is 17.2 Å². The topological polar surface area (TPSA) is 66.8 Å². The van der Waals surface area contributed by atoms with Crippen molar-refractivity contribution in [1.29, 1.82) is 0 Å². The molecular weight excluding hydrogens is 448 g/mol. The van der Waals surface area contributed by atoms with E-state index in [0.717, 1.165) is 36.7 Å². The molecule has 2 aliphatic rings. The van der Waals surface area contributed by atoms with Crippen molar-refractivity contribution in [3.05, 3.63) is 89.2 Å². The Kier molecular flexibility index (Phi) is 7.84. The van der Waals surface area contributed by atoms with E-state index in [1.54, 1.807) is 12.3 Å². The van der Waals surface area contributed by atoms with E-state index in [2.05, 4.69) is 58.5 Å². The van der Waals surface area contributed by atoms with Crippen molar-refractivity contribution in [3.8, 4) is 5.75 Å². The van der Waals surface area contributed by atoms with E-state index in [1.807, 2.05) is 18.2 Å². The minimum Gasteiger partial charge on any atom is -0.488 e. The second kappa shape index (κ2) is 11.6. The predicted molar refractivity (Wildman–Crippen MR) is 143 cm³/mol. The lowest BCUT2D eigenvalue weighted by Crippen LogP contribution is -2.37. The molecule has 3 heterocycles. The van der Waals surface area contributed by atoms with Gasteiger partial charge >= 0.3 is 0 Å². The Labute approximate surface area is 213 Å². The number of Topliss-reactive ketones (excluding diaryl/α,β-unsaturated/α-hetero) is 1. The normalized spacial score (nSPS) is 17.6. The van der Waals surface area contributed by atoms with Gasteiger partial charge in [-0.3, -0.25) is 19.7 Å². The van der Waals surface area contributed by atoms with Crippen molar-refractivity contribution in [2.45, 2.75) is 45.2 Å². The molecular formula is C30H34N4O2. The summed E-state index contributed by atoms with van der Waals surface area (Å²) in [5.74, 6) is 0.853. The summed E-state index contributed by atoms with van der Waals surface area (Å²) >= 11 is 0. The molecule has 0 unspecified atom stereocenters. The summed E-state index contributed by atoms with van der Waals surface area (Å²) in [6, 6.07) is 20.9. The van der Waals surface area contributed by atoms with E-state index in [9.17, 15) is 4.79 Å². The number of carbonyl (C=O) groups excluding carboxylic acids is 1. The van der Waals surface area contributed by atoms with Gasteiger partial charge in [0.1, 0.15) is 12.4 Å². The van der Waals surface area contributed by atoms with Crippen LogP contribution in [0.5, 0.6) is 5.75 Å². The molecule has 0 amide bonds. The number of aliphatic imine (C=N–C) groups is 1.